The van der Waals surface area contributed by atoms with Gasteiger partial charge in [-0.05, 0) is 13.0 Å². The van der Waals surface area contributed by atoms with Crippen molar-refractivity contribution in [1.82, 2.24) is 9.97 Å². The molecule has 0 saturated carbocycles. The fourth-order valence-corrected chi connectivity index (χ4v) is 2.61. The van der Waals surface area contributed by atoms with E-state index in [9.17, 15) is 0 Å². The molecule has 1 saturated heterocycles. The van der Waals surface area contributed by atoms with E-state index < -0.39 is 0 Å². The SMILES string of the molecule is COc1ccccc1CNc1nc(C)cc(N2CCOCC2)n1. The Morgan fingerprint density at radius 3 is 2.78 bits per heavy atom. The van der Waals surface area contributed by atoms with Crippen LogP contribution in [-0.4, -0.2) is 43.4 Å². The highest BCUT2D eigenvalue weighted by Gasteiger charge is 2.14. The van der Waals surface area contributed by atoms with Crippen LogP contribution in [0.25, 0.3) is 0 Å². The minimum absolute atomic E-state index is 0.621. The predicted molar refractivity (Wildman–Crippen MR) is 90.1 cm³/mol. The number of hydrogen-bond acceptors (Lipinski definition) is 6. The molecule has 122 valence electrons. The lowest BCUT2D eigenvalue weighted by atomic mass is 10.2. The Kier molecular flexibility index (Phi) is 4.92. The molecule has 1 aromatic carbocycles. The molecule has 0 bridgehead atoms. The van der Waals surface area contributed by atoms with Crippen LogP contribution in [0.1, 0.15) is 11.3 Å². The first-order chi connectivity index (χ1) is 11.3. The number of aromatic nitrogens is 2. The van der Waals surface area contributed by atoms with Crippen LogP contribution in [0.2, 0.25) is 0 Å². The molecule has 0 amide bonds. The average molecular weight is 314 g/mol. The van der Waals surface area contributed by atoms with Crippen molar-refractivity contribution in [2.75, 3.05) is 43.6 Å². The summed E-state index contributed by atoms with van der Waals surface area (Å²) in [6.45, 7) is 5.82. The van der Waals surface area contributed by atoms with Crippen LogP contribution >= 0.6 is 0 Å². The largest absolute Gasteiger partial charge is 0.496 e. The lowest BCUT2D eigenvalue weighted by Crippen LogP contribution is -2.37. The molecule has 1 aliphatic heterocycles. The van der Waals surface area contributed by atoms with Crippen LogP contribution in [-0.2, 0) is 11.3 Å². The summed E-state index contributed by atoms with van der Waals surface area (Å²) in [6.07, 6.45) is 0. The van der Waals surface area contributed by atoms with Gasteiger partial charge in [0.2, 0.25) is 5.95 Å². The minimum Gasteiger partial charge on any atom is -0.496 e. The Morgan fingerprint density at radius 1 is 1.22 bits per heavy atom. The van der Waals surface area contributed by atoms with Gasteiger partial charge in [-0.1, -0.05) is 18.2 Å². The highest BCUT2D eigenvalue weighted by Crippen LogP contribution is 2.20. The molecule has 2 aromatic rings. The van der Waals surface area contributed by atoms with Crippen molar-refractivity contribution in [3.8, 4) is 5.75 Å². The number of rotatable bonds is 5. The minimum atomic E-state index is 0.621. The second-order valence-electron chi connectivity index (χ2n) is 5.46. The zero-order chi connectivity index (χ0) is 16.1. The molecule has 6 nitrogen and oxygen atoms in total. The van der Waals surface area contributed by atoms with Crippen molar-refractivity contribution in [1.29, 1.82) is 0 Å². The number of hydrogen-bond donors (Lipinski definition) is 1. The van der Waals surface area contributed by atoms with Gasteiger partial charge in [-0.15, -0.1) is 0 Å². The van der Waals surface area contributed by atoms with Crippen molar-refractivity contribution in [3.05, 3.63) is 41.6 Å². The third kappa shape index (κ3) is 3.90. The number of benzene rings is 1. The number of morpholine rings is 1. The van der Waals surface area contributed by atoms with Crippen LogP contribution < -0.4 is 15.0 Å². The number of para-hydroxylation sites is 1. The number of aryl methyl sites for hydroxylation is 1. The van der Waals surface area contributed by atoms with Gasteiger partial charge in [-0.2, -0.15) is 4.98 Å². The van der Waals surface area contributed by atoms with Gasteiger partial charge in [0.05, 0.1) is 20.3 Å². The highest BCUT2D eigenvalue weighted by molar-refractivity contribution is 5.46. The van der Waals surface area contributed by atoms with Crippen molar-refractivity contribution >= 4 is 11.8 Å². The lowest BCUT2D eigenvalue weighted by molar-refractivity contribution is 0.122. The molecule has 0 unspecified atom stereocenters. The van der Waals surface area contributed by atoms with E-state index in [-0.39, 0.29) is 0 Å². The van der Waals surface area contributed by atoms with Gasteiger partial charge in [0.1, 0.15) is 11.6 Å². The number of anilines is 2. The molecule has 3 rings (SSSR count). The molecule has 1 aromatic heterocycles. The molecule has 0 aliphatic carbocycles. The Hall–Kier alpha value is -2.34. The molecule has 0 spiro atoms. The molecule has 2 heterocycles. The molecule has 1 N–H and O–H groups in total. The van der Waals surface area contributed by atoms with E-state index in [1.807, 2.05) is 37.3 Å². The topological polar surface area (TPSA) is 59.5 Å². The van der Waals surface area contributed by atoms with Gasteiger partial charge in [0.25, 0.3) is 0 Å². The molecular weight excluding hydrogens is 292 g/mol. The second kappa shape index (κ2) is 7.28. The lowest BCUT2D eigenvalue weighted by Gasteiger charge is -2.28. The third-order valence-electron chi connectivity index (χ3n) is 3.81. The summed E-state index contributed by atoms with van der Waals surface area (Å²) in [4.78, 5) is 11.3. The van der Waals surface area contributed by atoms with Gasteiger partial charge in [0.15, 0.2) is 0 Å². The van der Waals surface area contributed by atoms with E-state index in [0.29, 0.717) is 12.5 Å². The molecule has 0 atom stereocenters. The first kappa shape index (κ1) is 15.6. The summed E-state index contributed by atoms with van der Waals surface area (Å²) in [7, 11) is 1.68. The van der Waals surface area contributed by atoms with Crippen LogP contribution in [0.3, 0.4) is 0 Å². The predicted octanol–water partition coefficient (Wildman–Crippen LogP) is 2.24. The summed E-state index contributed by atoms with van der Waals surface area (Å²) in [5.41, 5.74) is 2.03. The van der Waals surface area contributed by atoms with Crippen LogP contribution in [0.4, 0.5) is 11.8 Å². The maximum Gasteiger partial charge on any atom is 0.225 e. The first-order valence-corrected chi connectivity index (χ1v) is 7.80. The van der Waals surface area contributed by atoms with Crippen LogP contribution in [0, 0.1) is 6.92 Å². The van der Waals surface area contributed by atoms with Crippen molar-refractivity contribution in [2.45, 2.75) is 13.5 Å². The van der Waals surface area contributed by atoms with E-state index in [1.165, 1.54) is 0 Å². The summed E-state index contributed by atoms with van der Waals surface area (Å²) < 4.78 is 10.8. The highest BCUT2D eigenvalue weighted by atomic mass is 16.5. The van der Waals surface area contributed by atoms with Crippen molar-refractivity contribution in [2.24, 2.45) is 0 Å². The molecule has 6 heteroatoms. The van der Waals surface area contributed by atoms with Gasteiger partial charge in [0, 0.05) is 37.0 Å². The third-order valence-corrected chi connectivity index (χ3v) is 3.81. The van der Waals surface area contributed by atoms with Crippen molar-refractivity contribution in [3.63, 3.8) is 0 Å². The van der Waals surface area contributed by atoms with E-state index in [2.05, 4.69) is 20.2 Å². The van der Waals surface area contributed by atoms with E-state index in [0.717, 1.165) is 49.1 Å². The average Bonchev–Trinajstić information content (AvgIpc) is 2.60. The summed E-state index contributed by atoms with van der Waals surface area (Å²) >= 11 is 0. The van der Waals surface area contributed by atoms with E-state index >= 15 is 0 Å². The van der Waals surface area contributed by atoms with E-state index in [1.54, 1.807) is 7.11 Å². The standard InChI is InChI=1S/C17H22N4O2/c1-13-11-16(21-7-9-23-10-8-21)20-17(19-13)18-12-14-5-3-4-6-15(14)22-2/h3-6,11H,7-10,12H2,1-2H3,(H,18,19,20). The van der Waals surface area contributed by atoms with Gasteiger partial charge >= 0.3 is 0 Å². The number of ether oxygens (including phenoxy) is 2. The monoisotopic (exact) mass is 314 g/mol. The summed E-state index contributed by atoms with van der Waals surface area (Å²) in [5.74, 6) is 2.45. The number of nitrogens with one attached hydrogen (secondary N) is 1. The maximum atomic E-state index is 5.40. The Bertz CT molecular complexity index is 657. The zero-order valence-corrected chi connectivity index (χ0v) is 13.6. The van der Waals surface area contributed by atoms with Gasteiger partial charge in [-0.25, -0.2) is 4.98 Å². The maximum absolute atomic E-state index is 5.40. The molecule has 23 heavy (non-hydrogen) atoms. The van der Waals surface area contributed by atoms with E-state index in [4.69, 9.17) is 9.47 Å². The Morgan fingerprint density at radius 2 is 2.00 bits per heavy atom. The normalized spacial score (nSPS) is 14.6. The second-order valence-corrected chi connectivity index (χ2v) is 5.46. The molecular formula is C17H22N4O2. The fraction of sp³-hybridized carbons (Fsp3) is 0.412. The smallest absolute Gasteiger partial charge is 0.225 e. The van der Waals surface area contributed by atoms with Gasteiger partial charge < -0.3 is 19.7 Å². The fourth-order valence-electron chi connectivity index (χ4n) is 2.61. The summed E-state index contributed by atoms with van der Waals surface area (Å²) in [6, 6.07) is 9.95. The first-order valence-electron chi connectivity index (χ1n) is 7.80. The number of methoxy groups -OCH3 is 1. The number of nitrogens with zero attached hydrogens (tertiary/aromatic N) is 3. The quantitative estimate of drug-likeness (QED) is 0.913. The molecule has 1 fully saturated rings. The van der Waals surface area contributed by atoms with Crippen LogP contribution in [0.15, 0.2) is 30.3 Å². The Labute approximate surface area is 136 Å². The summed E-state index contributed by atoms with van der Waals surface area (Å²) in [5, 5.41) is 3.30. The van der Waals surface area contributed by atoms with Crippen LogP contribution in [0.5, 0.6) is 5.75 Å². The Balaban J connectivity index is 1.73. The molecule has 0 radical (unpaired) electrons. The van der Waals surface area contributed by atoms with Crippen molar-refractivity contribution < 1.29 is 9.47 Å². The molecule has 1 aliphatic rings. The zero-order valence-electron chi connectivity index (χ0n) is 13.6. The van der Waals surface area contributed by atoms with Gasteiger partial charge in [-0.3, -0.25) is 0 Å².